The van der Waals surface area contributed by atoms with Crippen molar-refractivity contribution in [2.75, 3.05) is 27.2 Å². The van der Waals surface area contributed by atoms with E-state index in [0.29, 0.717) is 5.75 Å². The Bertz CT molecular complexity index is 736. The van der Waals surface area contributed by atoms with Crippen molar-refractivity contribution in [3.05, 3.63) is 29.8 Å². The number of benzene rings is 1. The average molecular weight is 362 g/mol. The third-order valence-corrected chi connectivity index (χ3v) is 4.11. The van der Waals surface area contributed by atoms with E-state index >= 15 is 0 Å². The summed E-state index contributed by atoms with van der Waals surface area (Å²) in [5.74, 6) is -0.878. The van der Waals surface area contributed by atoms with Crippen LogP contribution in [0.1, 0.15) is 12.5 Å². The van der Waals surface area contributed by atoms with E-state index in [1.54, 1.807) is 13.0 Å². The zero-order valence-electron chi connectivity index (χ0n) is 14.9. The molecule has 1 saturated heterocycles. The second-order valence-corrected chi connectivity index (χ2v) is 6.09. The lowest BCUT2D eigenvalue weighted by molar-refractivity contribution is -0.134. The summed E-state index contributed by atoms with van der Waals surface area (Å²) in [7, 11) is 2.97. The fourth-order valence-corrected chi connectivity index (χ4v) is 2.71. The summed E-state index contributed by atoms with van der Waals surface area (Å²) in [4.78, 5) is 48.8. The van der Waals surface area contributed by atoms with Crippen LogP contribution >= 0.6 is 0 Å². The van der Waals surface area contributed by atoms with Crippen LogP contribution in [0.15, 0.2) is 24.3 Å². The molecule has 1 fully saturated rings. The number of carbonyl (C=O) groups is 4. The van der Waals surface area contributed by atoms with Gasteiger partial charge in [0.25, 0.3) is 5.91 Å². The second-order valence-electron chi connectivity index (χ2n) is 6.09. The number of urea groups is 1. The van der Waals surface area contributed by atoms with Crippen LogP contribution in [0.25, 0.3) is 0 Å². The van der Waals surface area contributed by atoms with Gasteiger partial charge in [0.05, 0.1) is 13.7 Å². The first-order chi connectivity index (χ1) is 12.3. The molecule has 26 heavy (non-hydrogen) atoms. The highest BCUT2D eigenvalue weighted by atomic mass is 16.5. The van der Waals surface area contributed by atoms with E-state index < -0.39 is 29.9 Å². The molecule has 0 radical (unpaired) electrons. The summed E-state index contributed by atoms with van der Waals surface area (Å²) in [5.41, 5.74) is -0.427. The Labute approximate surface area is 151 Å². The number of hydrogen-bond acceptors (Lipinski definition) is 5. The monoisotopic (exact) mass is 362 g/mol. The van der Waals surface area contributed by atoms with Crippen molar-refractivity contribution in [3.63, 3.8) is 0 Å². The van der Waals surface area contributed by atoms with Crippen LogP contribution in [0, 0.1) is 0 Å². The Morgan fingerprint density at radius 2 is 1.92 bits per heavy atom. The quantitative estimate of drug-likeness (QED) is 0.561. The van der Waals surface area contributed by atoms with Gasteiger partial charge in [-0.25, -0.2) is 4.79 Å². The fourth-order valence-electron chi connectivity index (χ4n) is 2.71. The normalized spacial score (nSPS) is 19.1. The maximum atomic E-state index is 12.7. The molecule has 1 aromatic rings. The molecular formula is C17H22N4O5. The topological polar surface area (TPSA) is 117 Å². The van der Waals surface area contributed by atoms with Crippen LogP contribution in [0.5, 0.6) is 5.75 Å². The number of ether oxygens (including phenoxy) is 1. The van der Waals surface area contributed by atoms with E-state index in [4.69, 9.17) is 4.74 Å². The zero-order chi connectivity index (χ0) is 19.3. The number of imide groups is 1. The molecule has 0 unspecified atom stereocenters. The van der Waals surface area contributed by atoms with Gasteiger partial charge in [-0.1, -0.05) is 18.2 Å². The Kier molecular flexibility index (Phi) is 5.81. The van der Waals surface area contributed by atoms with Gasteiger partial charge in [-0.05, 0) is 18.6 Å². The van der Waals surface area contributed by atoms with E-state index in [2.05, 4.69) is 16.0 Å². The molecule has 1 aliphatic heterocycles. The van der Waals surface area contributed by atoms with Crippen molar-refractivity contribution in [2.45, 2.75) is 18.9 Å². The zero-order valence-corrected chi connectivity index (χ0v) is 14.9. The maximum Gasteiger partial charge on any atom is 0.325 e. The fraction of sp³-hybridized carbons (Fsp3) is 0.412. The van der Waals surface area contributed by atoms with Crippen molar-refractivity contribution in [1.29, 1.82) is 0 Å². The predicted molar refractivity (Wildman–Crippen MR) is 92.4 cm³/mol. The van der Waals surface area contributed by atoms with Crippen molar-refractivity contribution in [1.82, 2.24) is 20.9 Å². The Morgan fingerprint density at radius 1 is 1.23 bits per heavy atom. The van der Waals surface area contributed by atoms with Gasteiger partial charge in [0.15, 0.2) is 0 Å². The van der Waals surface area contributed by atoms with Crippen LogP contribution in [0.2, 0.25) is 0 Å². The summed E-state index contributed by atoms with van der Waals surface area (Å²) in [6, 6.07) is 6.55. The molecule has 9 nitrogen and oxygen atoms in total. The number of rotatable bonds is 7. The van der Waals surface area contributed by atoms with Gasteiger partial charge in [0.2, 0.25) is 11.8 Å². The highest BCUT2D eigenvalue weighted by Gasteiger charge is 2.48. The highest BCUT2D eigenvalue weighted by Crippen LogP contribution is 2.27. The summed E-state index contributed by atoms with van der Waals surface area (Å²) in [5, 5.41) is 7.34. The number of hydrogen-bond donors (Lipinski definition) is 3. The third kappa shape index (κ3) is 4.11. The standard InChI is InChI=1S/C17H22N4O5/c1-17(8-11-6-4-5-7-12(11)26-3)15(24)21(16(25)20-17)10-14(23)19-9-13(22)18-2/h4-7H,8-10H2,1-3H3,(H,18,22)(H,19,23)(H,20,25)/t17-/m0/s1. The van der Waals surface area contributed by atoms with Gasteiger partial charge < -0.3 is 20.7 Å². The molecule has 0 bridgehead atoms. The second kappa shape index (κ2) is 7.85. The van der Waals surface area contributed by atoms with E-state index in [9.17, 15) is 19.2 Å². The molecule has 2 rings (SSSR count). The molecule has 0 spiro atoms. The molecule has 0 aliphatic carbocycles. The number of amides is 5. The molecule has 1 aliphatic rings. The molecule has 0 saturated carbocycles. The van der Waals surface area contributed by atoms with Crippen LogP contribution in [0.4, 0.5) is 4.79 Å². The largest absolute Gasteiger partial charge is 0.496 e. The van der Waals surface area contributed by atoms with E-state index in [0.717, 1.165) is 10.5 Å². The van der Waals surface area contributed by atoms with Crippen molar-refractivity contribution < 1.29 is 23.9 Å². The van der Waals surface area contributed by atoms with Crippen molar-refractivity contribution in [3.8, 4) is 5.75 Å². The van der Waals surface area contributed by atoms with Crippen LogP contribution in [0.3, 0.4) is 0 Å². The van der Waals surface area contributed by atoms with Crippen molar-refractivity contribution >= 4 is 23.8 Å². The predicted octanol–water partition coefficient (Wildman–Crippen LogP) is -0.590. The minimum atomic E-state index is -1.19. The summed E-state index contributed by atoms with van der Waals surface area (Å²) in [6.45, 7) is 0.919. The van der Waals surface area contributed by atoms with Gasteiger partial charge in [-0.3, -0.25) is 19.3 Å². The average Bonchev–Trinajstić information content (AvgIpc) is 2.83. The molecule has 9 heteroatoms. The van der Waals surface area contributed by atoms with Gasteiger partial charge in [0, 0.05) is 13.5 Å². The number of nitrogens with zero attached hydrogens (tertiary/aromatic N) is 1. The number of carbonyl (C=O) groups excluding carboxylic acids is 4. The molecule has 3 N–H and O–H groups in total. The molecule has 0 aromatic heterocycles. The molecular weight excluding hydrogens is 340 g/mol. The number of para-hydroxylation sites is 1. The highest BCUT2D eigenvalue weighted by molar-refractivity contribution is 6.09. The summed E-state index contributed by atoms with van der Waals surface area (Å²) in [6.07, 6.45) is 0.220. The molecule has 1 heterocycles. The Balaban J connectivity index is 2.07. The van der Waals surface area contributed by atoms with E-state index in [1.807, 2.05) is 18.2 Å². The summed E-state index contributed by atoms with van der Waals surface area (Å²) >= 11 is 0. The molecule has 140 valence electrons. The minimum absolute atomic E-state index is 0.220. The molecule has 5 amide bonds. The van der Waals surface area contributed by atoms with Crippen molar-refractivity contribution in [2.24, 2.45) is 0 Å². The summed E-state index contributed by atoms with van der Waals surface area (Å²) < 4.78 is 5.28. The molecule has 1 atom stereocenters. The number of likely N-dealkylation sites (N-methyl/N-ethyl adjacent to an activating group) is 1. The van der Waals surface area contributed by atoms with Gasteiger partial charge in [-0.15, -0.1) is 0 Å². The van der Waals surface area contributed by atoms with Crippen LogP contribution < -0.4 is 20.7 Å². The minimum Gasteiger partial charge on any atom is -0.496 e. The lowest BCUT2D eigenvalue weighted by atomic mass is 9.92. The lowest BCUT2D eigenvalue weighted by Gasteiger charge is -2.22. The Morgan fingerprint density at radius 3 is 2.58 bits per heavy atom. The number of nitrogens with one attached hydrogen (secondary N) is 3. The third-order valence-electron chi connectivity index (χ3n) is 4.11. The first kappa shape index (κ1) is 19.2. The van der Waals surface area contributed by atoms with E-state index in [1.165, 1.54) is 14.2 Å². The lowest BCUT2D eigenvalue weighted by Crippen LogP contribution is -2.47. The smallest absolute Gasteiger partial charge is 0.325 e. The van der Waals surface area contributed by atoms with Crippen LogP contribution in [-0.4, -0.2) is 61.4 Å². The Hall–Kier alpha value is -3.10. The van der Waals surface area contributed by atoms with Crippen LogP contribution in [-0.2, 0) is 20.8 Å². The SMILES string of the molecule is CNC(=O)CNC(=O)CN1C(=O)N[C@@](C)(Cc2ccccc2OC)C1=O. The van der Waals surface area contributed by atoms with Gasteiger partial charge in [0.1, 0.15) is 17.8 Å². The molecule has 1 aromatic carbocycles. The van der Waals surface area contributed by atoms with Gasteiger partial charge >= 0.3 is 6.03 Å². The first-order valence-corrected chi connectivity index (χ1v) is 8.04. The first-order valence-electron chi connectivity index (χ1n) is 8.04. The number of methoxy groups -OCH3 is 1. The van der Waals surface area contributed by atoms with Gasteiger partial charge in [-0.2, -0.15) is 0 Å². The van der Waals surface area contributed by atoms with E-state index in [-0.39, 0.29) is 18.9 Å². The maximum absolute atomic E-state index is 12.7.